The number of pyridine rings is 1. The molecule has 2 aromatic rings. The molecule has 166 valence electrons. The minimum Gasteiger partial charge on any atom is -0.474 e. The molecule has 0 atom stereocenters. The van der Waals surface area contributed by atoms with Crippen LogP contribution in [0.25, 0.3) is 6.08 Å². The molecular weight excluding hydrogens is 404 g/mol. The van der Waals surface area contributed by atoms with Gasteiger partial charge < -0.3 is 20.3 Å². The van der Waals surface area contributed by atoms with Crippen LogP contribution in [-0.2, 0) is 0 Å². The molecule has 0 saturated carbocycles. The number of ether oxygens (including phenoxy) is 1. The largest absolute Gasteiger partial charge is 0.474 e. The van der Waals surface area contributed by atoms with E-state index in [4.69, 9.17) is 4.74 Å². The molecule has 0 spiro atoms. The van der Waals surface area contributed by atoms with Gasteiger partial charge in [-0.15, -0.1) is 0 Å². The summed E-state index contributed by atoms with van der Waals surface area (Å²) in [5, 5.41) is 12.9. The van der Waals surface area contributed by atoms with Crippen molar-refractivity contribution in [2.24, 2.45) is 0 Å². The van der Waals surface area contributed by atoms with Gasteiger partial charge in [0.2, 0.25) is 5.88 Å². The third kappa shape index (κ3) is 5.95. The molecule has 32 heavy (non-hydrogen) atoms. The average molecular weight is 433 g/mol. The van der Waals surface area contributed by atoms with Crippen molar-refractivity contribution in [3.05, 3.63) is 77.9 Å². The Kier molecular flexibility index (Phi) is 7.14. The van der Waals surface area contributed by atoms with Crippen molar-refractivity contribution in [2.75, 3.05) is 32.0 Å². The first kappa shape index (κ1) is 21.6. The number of carbonyl (C=O) groups excluding carboxylic acids is 1. The molecule has 4 heterocycles. The molecule has 2 aliphatic heterocycles. The van der Waals surface area contributed by atoms with Gasteiger partial charge >= 0.3 is 0 Å². The first-order valence-electron chi connectivity index (χ1n) is 10.8. The number of allylic oxidation sites excluding steroid dienone is 5. The number of rotatable bonds is 6. The Labute approximate surface area is 187 Å². The Morgan fingerprint density at radius 1 is 1.22 bits per heavy atom. The topological polar surface area (TPSA) is 95.2 Å². The lowest BCUT2D eigenvalue weighted by molar-refractivity contribution is 0.102. The third-order valence-corrected chi connectivity index (χ3v) is 5.34. The molecule has 0 aromatic carbocycles. The summed E-state index contributed by atoms with van der Waals surface area (Å²) in [6, 6.07) is 3.58. The van der Waals surface area contributed by atoms with E-state index in [0.717, 1.165) is 38.0 Å². The summed E-state index contributed by atoms with van der Waals surface area (Å²) in [4.78, 5) is 19.4. The Morgan fingerprint density at radius 2 is 2.09 bits per heavy atom. The summed E-state index contributed by atoms with van der Waals surface area (Å²) >= 11 is 0. The summed E-state index contributed by atoms with van der Waals surface area (Å²) in [6.45, 7) is 2.83. The Hall–Kier alpha value is -3.65. The van der Waals surface area contributed by atoms with Crippen LogP contribution in [0.2, 0.25) is 0 Å². The minimum absolute atomic E-state index is 0.187. The Bertz CT molecular complexity index is 1030. The average Bonchev–Trinajstić information content (AvgIpc) is 3.25. The maximum Gasteiger partial charge on any atom is 0.274 e. The second kappa shape index (κ2) is 10.6. The molecule has 3 N–H and O–H groups in total. The van der Waals surface area contributed by atoms with Crippen LogP contribution < -0.4 is 15.4 Å². The van der Waals surface area contributed by atoms with Crippen LogP contribution in [0, 0.1) is 0 Å². The van der Waals surface area contributed by atoms with E-state index >= 15 is 0 Å². The highest BCUT2D eigenvalue weighted by molar-refractivity contribution is 6.05. The fourth-order valence-electron chi connectivity index (χ4n) is 3.49. The summed E-state index contributed by atoms with van der Waals surface area (Å²) in [6.07, 6.45) is 19.1. The van der Waals surface area contributed by atoms with Gasteiger partial charge in [-0.05, 0) is 31.5 Å². The highest BCUT2D eigenvalue weighted by atomic mass is 16.5. The normalized spacial score (nSPS) is 21.1. The van der Waals surface area contributed by atoms with Crippen LogP contribution in [0.3, 0.4) is 0 Å². The summed E-state index contributed by atoms with van der Waals surface area (Å²) in [7, 11) is 2.12. The Morgan fingerprint density at radius 3 is 2.91 bits per heavy atom. The minimum atomic E-state index is -0.281. The summed E-state index contributed by atoms with van der Waals surface area (Å²) in [5.74, 6) is 0.294. The standard InChI is InChI=1S/C24H28N6O2/c1-30-13-10-21(11-14-30)32-22-9-8-20(17-26-22)28-24(31)23-19(16-27-29-23)7-6-18-5-3-2-4-12-25-15-18/h2-9,15-17,21,25H,10-14H2,1H3,(H,27,29)(H,28,31)/b4-2+,5-3-,7-6+,18-15+. The number of anilines is 1. The van der Waals surface area contributed by atoms with Gasteiger partial charge in [-0.2, -0.15) is 5.10 Å². The number of nitrogens with zero attached hydrogens (tertiary/aromatic N) is 3. The first-order valence-corrected chi connectivity index (χ1v) is 10.8. The van der Waals surface area contributed by atoms with Gasteiger partial charge in [0, 0.05) is 37.5 Å². The van der Waals surface area contributed by atoms with Crippen LogP contribution in [-0.4, -0.2) is 58.8 Å². The number of aromatic amines is 1. The molecule has 8 heteroatoms. The van der Waals surface area contributed by atoms with Crippen LogP contribution in [0.1, 0.15) is 28.9 Å². The van der Waals surface area contributed by atoms with Crippen molar-refractivity contribution in [2.45, 2.75) is 18.9 Å². The van der Waals surface area contributed by atoms with Crippen molar-refractivity contribution in [1.29, 1.82) is 0 Å². The van der Waals surface area contributed by atoms with Gasteiger partial charge in [0.15, 0.2) is 0 Å². The van der Waals surface area contributed by atoms with E-state index in [0.29, 0.717) is 22.8 Å². The molecule has 4 rings (SSSR count). The van der Waals surface area contributed by atoms with Crippen LogP contribution in [0.15, 0.2) is 66.7 Å². The molecule has 0 aliphatic carbocycles. The molecular formula is C24H28N6O2. The molecule has 8 nitrogen and oxygen atoms in total. The zero-order chi connectivity index (χ0) is 22.2. The fraction of sp³-hybridized carbons (Fsp3) is 0.292. The lowest BCUT2D eigenvalue weighted by Gasteiger charge is -2.28. The predicted molar refractivity (Wildman–Crippen MR) is 125 cm³/mol. The predicted octanol–water partition coefficient (Wildman–Crippen LogP) is 3.14. The van der Waals surface area contributed by atoms with Crippen LogP contribution in [0.4, 0.5) is 5.69 Å². The summed E-state index contributed by atoms with van der Waals surface area (Å²) in [5.41, 5.74) is 2.67. The van der Waals surface area contributed by atoms with E-state index < -0.39 is 0 Å². The second-order valence-corrected chi connectivity index (χ2v) is 7.83. The number of piperidine rings is 1. The lowest BCUT2D eigenvalue weighted by atomic mass is 10.1. The van der Waals surface area contributed by atoms with E-state index in [9.17, 15) is 4.79 Å². The molecule has 0 radical (unpaired) electrons. The van der Waals surface area contributed by atoms with Crippen molar-refractivity contribution in [1.82, 2.24) is 25.4 Å². The quantitative estimate of drug-likeness (QED) is 0.649. The molecule has 2 aromatic heterocycles. The van der Waals surface area contributed by atoms with E-state index in [-0.39, 0.29) is 12.0 Å². The van der Waals surface area contributed by atoms with Crippen molar-refractivity contribution in [3.63, 3.8) is 0 Å². The van der Waals surface area contributed by atoms with E-state index in [1.165, 1.54) is 0 Å². The number of aromatic nitrogens is 3. The van der Waals surface area contributed by atoms with Gasteiger partial charge in [-0.25, -0.2) is 4.98 Å². The van der Waals surface area contributed by atoms with Gasteiger partial charge in [0.25, 0.3) is 5.91 Å². The van der Waals surface area contributed by atoms with E-state index in [1.54, 1.807) is 24.5 Å². The van der Waals surface area contributed by atoms with Gasteiger partial charge in [0.05, 0.1) is 18.1 Å². The second-order valence-electron chi connectivity index (χ2n) is 7.83. The van der Waals surface area contributed by atoms with Gasteiger partial charge in [-0.1, -0.05) is 36.5 Å². The Balaban J connectivity index is 1.36. The van der Waals surface area contributed by atoms with Crippen molar-refractivity contribution >= 4 is 17.7 Å². The lowest BCUT2D eigenvalue weighted by Crippen LogP contribution is -2.35. The zero-order valence-electron chi connectivity index (χ0n) is 18.1. The maximum absolute atomic E-state index is 12.8. The van der Waals surface area contributed by atoms with Crippen molar-refractivity contribution in [3.8, 4) is 5.88 Å². The number of carbonyl (C=O) groups is 1. The highest BCUT2D eigenvalue weighted by Crippen LogP contribution is 2.19. The molecule has 1 amide bonds. The van der Waals surface area contributed by atoms with E-state index in [1.807, 2.05) is 42.7 Å². The van der Waals surface area contributed by atoms with Crippen molar-refractivity contribution < 1.29 is 9.53 Å². The van der Waals surface area contributed by atoms with E-state index in [2.05, 4.69) is 37.8 Å². The number of nitrogens with one attached hydrogen (secondary N) is 3. The number of hydrogen-bond acceptors (Lipinski definition) is 6. The molecule has 0 bridgehead atoms. The number of H-pyrrole nitrogens is 1. The van der Waals surface area contributed by atoms with Gasteiger partial charge in [0.1, 0.15) is 11.8 Å². The molecule has 1 fully saturated rings. The zero-order valence-corrected chi connectivity index (χ0v) is 18.1. The number of likely N-dealkylation sites (tertiary alicyclic amines) is 1. The monoisotopic (exact) mass is 432 g/mol. The van der Waals surface area contributed by atoms with Crippen LogP contribution >= 0.6 is 0 Å². The SMILES string of the molecule is CN1CCC(Oc2ccc(NC(=O)c3[nH]ncc3/C=C/C3=C/NC/C=C/C=C\3)cn2)CC1. The fourth-order valence-corrected chi connectivity index (χ4v) is 3.49. The van der Waals surface area contributed by atoms with Gasteiger partial charge in [-0.3, -0.25) is 9.89 Å². The smallest absolute Gasteiger partial charge is 0.274 e. The van der Waals surface area contributed by atoms with Crippen LogP contribution in [0.5, 0.6) is 5.88 Å². The number of hydrogen-bond donors (Lipinski definition) is 3. The maximum atomic E-state index is 12.8. The number of amides is 1. The molecule has 1 saturated heterocycles. The third-order valence-electron chi connectivity index (χ3n) is 5.34. The molecule has 2 aliphatic rings. The molecule has 0 unspecified atom stereocenters. The highest BCUT2D eigenvalue weighted by Gasteiger charge is 2.18. The summed E-state index contributed by atoms with van der Waals surface area (Å²) < 4.78 is 5.97. The first-order chi connectivity index (χ1) is 15.7.